The maximum absolute atomic E-state index is 11.0. The zero-order valence-corrected chi connectivity index (χ0v) is 20.5. The maximum Gasteiger partial charge on any atom is 0.303 e. The van der Waals surface area contributed by atoms with Gasteiger partial charge in [0.25, 0.3) is 0 Å². The van der Waals surface area contributed by atoms with E-state index in [1.807, 2.05) is 11.8 Å². The van der Waals surface area contributed by atoms with E-state index in [0.717, 1.165) is 49.4 Å². The Balaban J connectivity index is 2.01. The molecular weight excluding hydrogens is 420 g/mol. The second kappa shape index (κ2) is 11.1. The number of carboxylic acids is 1. The lowest BCUT2D eigenvalue weighted by Gasteiger charge is -2.47. The number of carbonyl (C=O) groups is 1. The van der Waals surface area contributed by atoms with Gasteiger partial charge in [0.2, 0.25) is 0 Å². The van der Waals surface area contributed by atoms with Gasteiger partial charge in [-0.25, -0.2) is 0 Å². The highest BCUT2D eigenvalue weighted by Gasteiger charge is 2.44. The molecule has 0 spiro atoms. The van der Waals surface area contributed by atoms with Gasteiger partial charge < -0.3 is 14.6 Å². The molecule has 2 aromatic carbocycles. The molecule has 0 radical (unpaired) electrons. The third kappa shape index (κ3) is 5.43. The van der Waals surface area contributed by atoms with Gasteiger partial charge in [-0.3, -0.25) is 4.79 Å². The van der Waals surface area contributed by atoms with E-state index in [9.17, 15) is 4.79 Å². The lowest BCUT2D eigenvalue weighted by Crippen LogP contribution is -2.40. The van der Waals surface area contributed by atoms with Crippen LogP contribution in [0.2, 0.25) is 0 Å². The topological polar surface area (TPSA) is 55.8 Å². The number of benzene rings is 2. The molecule has 1 heterocycles. The van der Waals surface area contributed by atoms with Crippen molar-refractivity contribution in [2.75, 3.05) is 20.0 Å². The van der Waals surface area contributed by atoms with Crippen molar-refractivity contribution in [1.82, 2.24) is 0 Å². The van der Waals surface area contributed by atoms with Crippen LogP contribution in [0.15, 0.2) is 47.4 Å². The first kappa shape index (κ1) is 24.5. The van der Waals surface area contributed by atoms with Crippen LogP contribution in [-0.4, -0.2) is 31.0 Å². The van der Waals surface area contributed by atoms with E-state index in [-0.39, 0.29) is 11.8 Å². The van der Waals surface area contributed by atoms with Crippen LogP contribution in [0, 0.1) is 5.92 Å². The van der Waals surface area contributed by atoms with Gasteiger partial charge in [-0.1, -0.05) is 51.3 Å². The monoisotopic (exact) mass is 456 g/mol. The first-order valence-electron chi connectivity index (χ1n) is 11.6. The molecule has 0 saturated heterocycles. The molecule has 0 amide bonds. The highest BCUT2D eigenvalue weighted by atomic mass is 32.2. The number of rotatable bonds is 11. The van der Waals surface area contributed by atoms with Crippen molar-refractivity contribution in [1.29, 1.82) is 0 Å². The number of aliphatic carboxylic acids is 1. The molecule has 0 saturated carbocycles. The fraction of sp³-hybridized carbons (Fsp3) is 0.519. The Hall–Kier alpha value is -2.14. The summed E-state index contributed by atoms with van der Waals surface area (Å²) in [7, 11) is 3.42. The third-order valence-corrected chi connectivity index (χ3v) is 8.27. The molecule has 0 bridgehead atoms. The Bertz CT molecular complexity index is 895. The van der Waals surface area contributed by atoms with Crippen LogP contribution < -0.4 is 9.47 Å². The average molecular weight is 457 g/mol. The molecule has 4 nitrogen and oxygen atoms in total. The predicted molar refractivity (Wildman–Crippen MR) is 131 cm³/mol. The molecule has 5 heteroatoms. The number of hydrogen-bond acceptors (Lipinski definition) is 4. The quantitative estimate of drug-likeness (QED) is 0.372. The molecule has 2 aromatic rings. The number of unbranched alkanes of at least 4 members (excludes halogenated alkanes) is 1. The molecule has 3 unspecified atom stereocenters. The van der Waals surface area contributed by atoms with Gasteiger partial charge >= 0.3 is 5.97 Å². The molecule has 3 atom stereocenters. The molecular formula is C27H36O4S. The van der Waals surface area contributed by atoms with Crippen LogP contribution in [0.3, 0.4) is 0 Å². The molecule has 0 aromatic heterocycles. The third-order valence-electron chi connectivity index (χ3n) is 6.87. The standard InChI is InChI=1S/C27H36O4S/c1-5-8-19(9-6-7-10-25(28)29)26-23-16-15-22(31-4)17-24(23)32-18-27(26,2)20-11-13-21(30-3)14-12-20/h11-17,19,26H,5-10,18H2,1-4H3,(H,28,29). The van der Waals surface area contributed by atoms with Crippen LogP contribution in [0.25, 0.3) is 0 Å². The average Bonchev–Trinajstić information content (AvgIpc) is 2.81. The maximum atomic E-state index is 11.0. The zero-order chi connectivity index (χ0) is 23.1. The van der Waals surface area contributed by atoms with Crippen molar-refractivity contribution in [2.24, 2.45) is 5.92 Å². The number of ether oxygens (including phenoxy) is 2. The summed E-state index contributed by atoms with van der Waals surface area (Å²) in [6.07, 6.45) is 5.25. The minimum absolute atomic E-state index is 0.0227. The number of hydrogen-bond donors (Lipinski definition) is 1. The Morgan fingerprint density at radius 3 is 2.41 bits per heavy atom. The van der Waals surface area contributed by atoms with Crippen molar-refractivity contribution >= 4 is 17.7 Å². The summed E-state index contributed by atoms with van der Waals surface area (Å²) in [4.78, 5) is 12.3. The van der Waals surface area contributed by atoms with Gasteiger partial charge in [0.15, 0.2) is 0 Å². The Morgan fingerprint density at radius 1 is 1.09 bits per heavy atom. The summed E-state index contributed by atoms with van der Waals surface area (Å²) >= 11 is 1.91. The van der Waals surface area contributed by atoms with Crippen molar-refractivity contribution in [3.8, 4) is 11.5 Å². The predicted octanol–water partition coefficient (Wildman–Crippen LogP) is 6.91. The number of carboxylic acid groups (broad SMARTS) is 1. The van der Waals surface area contributed by atoms with E-state index in [2.05, 4.69) is 56.3 Å². The normalized spacial score (nSPS) is 20.9. The van der Waals surface area contributed by atoms with Crippen molar-refractivity contribution in [3.05, 3.63) is 53.6 Å². The van der Waals surface area contributed by atoms with Gasteiger partial charge in [0.05, 0.1) is 14.2 Å². The summed E-state index contributed by atoms with van der Waals surface area (Å²) in [5, 5.41) is 9.06. The molecule has 0 aliphatic carbocycles. The first-order chi connectivity index (χ1) is 15.4. The molecule has 1 aliphatic heterocycles. The molecule has 1 aliphatic rings. The van der Waals surface area contributed by atoms with E-state index < -0.39 is 5.97 Å². The van der Waals surface area contributed by atoms with Crippen molar-refractivity contribution in [3.63, 3.8) is 0 Å². The molecule has 32 heavy (non-hydrogen) atoms. The van der Waals surface area contributed by atoms with Gasteiger partial charge in [0.1, 0.15) is 11.5 Å². The van der Waals surface area contributed by atoms with Crippen LogP contribution >= 0.6 is 11.8 Å². The number of fused-ring (bicyclic) bond motifs is 1. The highest BCUT2D eigenvalue weighted by molar-refractivity contribution is 7.99. The highest BCUT2D eigenvalue weighted by Crippen LogP contribution is 2.55. The van der Waals surface area contributed by atoms with Crippen molar-refractivity contribution in [2.45, 2.75) is 68.6 Å². The first-order valence-corrected chi connectivity index (χ1v) is 12.6. The second-order valence-corrected chi connectivity index (χ2v) is 10.0. The van der Waals surface area contributed by atoms with E-state index in [1.165, 1.54) is 16.0 Å². The lowest BCUT2D eigenvalue weighted by molar-refractivity contribution is -0.137. The van der Waals surface area contributed by atoms with Crippen LogP contribution in [0.4, 0.5) is 0 Å². The summed E-state index contributed by atoms with van der Waals surface area (Å²) < 4.78 is 10.9. The van der Waals surface area contributed by atoms with Crippen molar-refractivity contribution < 1.29 is 19.4 Å². The van der Waals surface area contributed by atoms with E-state index in [1.54, 1.807) is 14.2 Å². The van der Waals surface area contributed by atoms with E-state index in [0.29, 0.717) is 11.8 Å². The SMILES string of the molecule is CCCC(CCCCC(=O)O)C1c2ccc(OC)cc2SCC1(C)c1ccc(OC)cc1. The summed E-state index contributed by atoms with van der Waals surface area (Å²) in [5.74, 6) is 2.93. The Labute approximate surface area is 196 Å². The minimum Gasteiger partial charge on any atom is -0.497 e. The Kier molecular flexibility index (Phi) is 8.52. The summed E-state index contributed by atoms with van der Waals surface area (Å²) in [5.41, 5.74) is 2.71. The molecule has 1 N–H and O–H groups in total. The van der Waals surface area contributed by atoms with Gasteiger partial charge in [-0.05, 0) is 60.1 Å². The van der Waals surface area contributed by atoms with Crippen LogP contribution in [0.1, 0.15) is 69.4 Å². The zero-order valence-electron chi connectivity index (χ0n) is 19.7. The van der Waals surface area contributed by atoms with Crippen LogP contribution in [-0.2, 0) is 10.2 Å². The Morgan fingerprint density at radius 2 is 1.78 bits per heavy atom. The largest absolute Gasteiger partial charge is 0.497 e. The molecule has 174 valence electrons. The fourth-order valence-electron chi connectivity index (χ4n) is 5.22. The molecule has 3 rings (SSSR count). The lowest BCUT2D eigenvalue weighted by atomic mass is 9.62. The fourth-order valence-corrected chi connectivity index (χ4v) is 6.59. The van der Waals surface area contributed by atoms with Gasteiger partial charge in [-0.15, -0.1) is 11.8 Å². The second-order valence-electron chi connectivity index (χ2n) is 9.00. The number of thioether (sulfide) groups is 1. The number of methoxy groups -OCH3 is 2. The van der Waals surface area contributed by atoms with Gasteiger partial charge in [-0.2, -0.15) is 0 Å². The summed E-state index contributed by atoms with van der Waals surface area (Å²) in [6, 6.07) is 15.1. The van der Waals surface area contributed by atoms with Crippen LogP contribution in [0.5, 0.6) is 11.5 Å². The van der Waals surface area contributed by atoms with E-state index >= 15 is 0 Å². The smallest absolute Gasteiger partial charge is 0.303 e. The van der Waals surface area contributed by atoms with Gasteiger partial charge in [0, 0.05) is 22.5 Å². The molecule has 0 fully saturated rings. The summed E-state index contributed by atoms with van der Waals surface area (Å²) in [6.45, 7) is 4.65. The minimum atomic E-state index is -0.702. The van der Waals surface area contributed by atoms with E-state index in [4.69, 9.17) is 14.6 Å².